The van der Waals surface area contributed by atoms with Crippen LogP contribution in [0.5, 0.6) is 5.75 Å². The molecule has 2 aromatic rings. The number of rotatable bonds is 4. The molecule has 0 aromatic heterocycles. The van der Waals surface area contributed by atoms with Crippen molar-refractivity contribution in [2.75, 3.05) is 12.5 Å². The van der Waals surface area contributed by atoms with Crippen molar-refractivity contribution >= 4 is 23.5 Å². The highest BCUT2D eigenvalue weighted by molar-refractivity contribution is 6.33. The molecular weight excluding hydrogens is 248 g/mol. The lowest BCUT2D eigenvalue weighted by Crippen LogP contribution is -1.94. The van der Waals surface area contributed by atoms with Crippen LogP contribution in [0.2, 0.25) is 5.02 Å². The Morgan fingerprint density at radius 1 is 1.11 bits per heavy atom. The van der Waals surface area contributed by atoms with Gasteiger partial charge in [0.05, 0.1) is 24.0 Å². The summed E-state index contributed by atoms with van der Waals surface area (Å²) in [6.45, 7) is 0. The third kappa shape index (κ3) is 3.02. The van der Waals surface area contributed by atoms with Crippen LogP contribution in [-0.4, -0.2) is 13.3 Å². The Labute approximate surface area is 111 Å². The van der Waals surface area contributed by atoms with E-state index in [4.69, 9.17) is 16.3 Å². The summed E-state index contributed by atoms with van der Waals surface area (Å²) in [5, 5.41) is 4.78. The van der Waals surface area contributed by atoms with Crippen molar-refractivity contribution in [2.45, 2.75) is 0 Å². The van der Waals surface area contributed by atoms with Crippen LogP contribution in [0.3, 0.4) is 0 Å². The Morgan fingerprint density at radius 3 is 2.61 bits per heavy atom. The van der Waals surface area contributed by atoms with Crippen molar-refractivity contribution in [3.63, 3.8) is 0 Å². The van der Waals surface area contributed by atoms with Gasteiger partial charge in [0.25, 0.3) is 0 Å². The number of halogens is 1. The fourth-order valence-electron chi connectivity index (χ4n) is 1.50. The number of hydrazone groups is 1. The number of para-hydroxylation sites is 2. The summed E-state index contributed by atoms with van der Waals surface area (Å²) in [7, 11) is 1.63. The Morgan fingerprint density at radius 2 is 1.83 bits per heavy atom. The van der Waals surface area contributed by atoms with E-state index in [1.807, 2.05) is 48.5 Å². The van der Waals surface area contributed by atoms with E-state index in [1.54, 1.807) is 13.3 Å². The van der Waals surface area contributed by atoms with Crippen LogP contribution in [0.15, 0.2) is 53.6 Å². The van der Waals surface area contributed by atoms with Crippen molar-refractivity contribution in [1.82, 2.24) is 0 Å². The molecule has 4 heteroatoms. The van der Waals surface area contributed by atoms with Crippen molar-refractivity contribution in [3.05, 3.63) is 59.1 Å². The molecule has 0 aliphatic rings. The summed E-state index contributed by atoms with van der Waals surface area (Å²) >= 11 is 6.00. The fraction of sp³-hybridized carbons (Fsp3) is 0.0714. The van der Waals surface area contributed by atoms with E-state index in [-0.39, 0.29) is 0 Å². The fourth-order valence-corrected chi connectivity index (χ4v) is 1.67. The smallest absolute Gasteiger partial charge is 0.127 e. The summed E-state index contributed by atoms with van der Waals surface area (Å²) in [6.07, 6.45) is 1.70. The van der Waals surface area contributed by atoms with Crippen LogP contribution < -0.4 is 10.2 Å². The van der Waals surface area contributed by atoms with Crippen LogP contribution in [0.1, 0.15) is 5.56 Å². The minimum Gasteiger partial charge on any atom is -0.496 e. The van der Waals surface area contributed by atoms with Crippen LogP contribution in [0.4, 0.5) is 5.69 Å². The number of methoxy groups -OCH3 is 1. The van der Waals surface area contributed by atoms with E-state index in [1.165, 1.54) is 0 Å². The molecule has 0 radical (unpaired) electrons. The molecule has 0 spiro atoms. The van der Waals surface area contributed by atoms with Crippen LogP contribution in [0, 0.1) is 0 Å². The number of benzene rings is 2. The lowest BCUT2D eigenvalue weighted by Gasteiger charge is -2.04. The molecule has 0 fully saturated rings. The Hall–Kier alpha value is -2.00. The zero-order valence-electron chi connectivity index (χ0n) is 9.93. The molecule has 2 rings (SSSR count). The molecule has 0 aliphatic carbocycles. The largest absolute Gasteiger partial charge is 0.496 e. The van der Waals surface area contributed by atoms with Gasteiger partial charge in [0.2, 0.25) is 0 Å². The summed E-state index contributed by atoms with van der Waals surface area (Å²) < 4.78 is 5.23. The SMILES string of the molecule is COc1ccccc1/C=N\Nc1ccccc1Cl. The normalized spacial score (nSPS) is 10.6. The molecule has 0 bridgehead atoms. The van der Waals surface area contributed by atoms with Gasteiger partial charge < -0.3 is 4.74 Å². The first-order valence-electron chi connectivity index (χ1n) is 5.48. The van der Waals surface area contributed by atoms with Gasteiger partial charge >= 0.3 is 0 Å². The third-order valence-corrected chi connectivity index (χ3v) is 2.73. The lowest BCUT2D eigenvalue weighted by atomic mass is 10.2. The van der Waals surface area contributed by atoms with Crippen LogP contribution >= 0.6 is 11.6 Å². The number of nitrogens with zero attached hydrogens (tertiary/aromatic N) is 1. The maximum Gasteiger partial charge on any atom is 0.127 e. The second-order valence-corrected chi connectivity index (χ2v) is 4.00. The van der Waals surface area contributed by atoms with Gasteiger partial charge in [-0.3, -0.25) is 5.43 Å². The number of ether oxygens (including phenoxy) is 1. The minimum absolute atomic E-state index is 0.634. The summed E-state index contributed by atoms with van der Waals surface area (Å²) in [5.74, 6) is 0.780. The molecule has 0 aliphatic heterocycles. The number of hydrogen-bond donors (Lipinski definition) is 1. The molecule has 3 nitrogen and oxygen atoms in total. The monoisotopic (exact) mass is 260 g/mol. The standard InChI is InChI=1S/C14H13ClN2O/c1-18-14-9-5-2-6-11(14)10-16-17-13-8-4-3-7-12(13)15/h2-10,17H,1H3/b16-10-. The zero-order chi connectivity index (χ0) is 12.8. The predicted molar refractivity (Wildman–Crippen MR) is 75.7 cm³/mol. The highest BCUT2D eigenvalue weighted by Crippen LogP contribution is 2.20. The molecule has 1 N–H and O–H groups in total. The molecule has 0 atom stereocenters. The molecule has 2 aromatic carbocycles. The van der Waals surface area contributed by atoms with E-state index in [0.717, 1.165) is 17.0 Å². The number of nitrogens with one attached hydrogen (secondary N) is 1. The van der Waals surface area contributed by atoms with Crippen LogP contribution in [0.25, 0.3) is 0 Å². The lowest BCUT2D eigenvalue weighted by molar-refractivity contribution is 0.414. The number of hydrogen-bond acceptors (Lipinski definition) is 3. The zero-order valence-corrected chi connectivity index (χ0v) is 10.7. The van der Waals surface area contributed by atoms with Crippen molar-refractivity contribution in [3.8, 4) is 5.75 Å². The maximum atomic E-state index is 6.00. The van der Waals surface area contributed by atoms with Crippen molar-refractivity contribution < 1.29 is 4.74 Å². The number of anilines is 1. The molecule has 18 heavy (non-hydrogen) atoms. The van der Waals surface area contributed by atoms with E-state index in [0.29, 0.717) is 5.02 Å². The van der Waals surface area contributed by atoms with Gasteiger partial charge in [-0.05, 0) is 24.3 Å². The van der Waals surface area contributed by atoms with E-state index in [9.17, 15) is 0 Å². The van der Waals surface area contributed by atoms with E-state index in [2.05, 4.69) is 10.5 Å². The summed E-state index contributed by atoms with van der Waals surface area (Å²) in [5.41, 5.74) is 4.57. The second-order valence-electron chi connectivity index (χ2n) is 3.59. The Balaban J connectivity index is 2.10. The first-order valence-corrected chi connectivity index (χ1v) is 5.85. The van der Waals surface area contributed by atoms with Gasteiger partial charge in [-0.2, -0.15) is 5.10 Å². The first kappa shape index (κ1) is 12.5. The van der Waals surface area contributed by atoms with Crippen molar-refractivity contribution in [1.29, 1.82) is 0 Å². The quantitative estimate of drug-likeness (QED) is 0.670. The predicted octanol–water partition coefficient (Wildman–Crippen LogP) is 3.79. The Bertz CT molecular complexity index is 555. The molecule has 0 unspecified atom stereocenters. The second kappa shape index (κ2) is 6.07. The average molecular weight is 261 g/mol. The minimum atomic E-state index is 0.634. The van der Waals surface area contributed by atoms with Gasteiger partial charge in [-0.25, -0.2) is 0 Å². The van der Waals surface area contributed by atoms with Gasteiger partial charge in [-0.15, -0.1) is 0 Å². The van der Waals surface area contributed by atoms with E-state index >= 15 is 0 Å². The molecule has 0 saturated carbocycles. The summed E-state index contributed by atoms with van der Waals surface area (Å²) in [6, 6.07) is 15.1. The topological polar surface area (TPSA) is 33.6 Å². The average Bonchev–Trinajstić information content (AvgIpc) is 2.41. The first-order chi connectivity index (χ1) is 8.81. The van der Waals surface area contributed by atoms with Crippen LogP contribution in [-0.2, 0) is 0 Å². The molecule has 0 heterocycles. The van der Waals surface area contributed by atoms with E-state index < -0.39 is 0 Å². The highest BCUT2D eigenvalue weighted by Gasteiger charge is 1.98. The van der Waals surface area contributed by atoms with Gasteiger partial charge in [0.15, 0.2) is 0 Å². The molecule has 0 amide bonds. The van der Waals surface area contributed by atoms with Crippen molar-refractivity contribution in [2.24, 2.45) is 5.10 Å². The maximum absolute atomic E-state index is 6.00. The third-order valence-electron chi connectivity index (χ3n) is 2.40. The molecular formula is C14H13ClN2O. The molecule has 92 valence electrons. The van der Waals surface area contributed by atoms with Gasteiger partial charge in [0.1, 0.15) is 5.75 Å². The Kier molecular flexibility index (Phi) is 4.20. The van der Waals surface area contributed by atoms with Gasteiger partial charge in [-0.1, -0.05) is 35.9 Å². The summed E-state index contributed by atoms with van der Waals surface area (Å²) in [4.78, 5) is 0. The molecule has 0 saturated heterocycles. The highest BCUT2D eigenvalue weighted by atomic mass is 35.5. The van der Waals surface area contributed by atoms with Gasteiger partial charge in [0, 0.05) is 5.56 Å².